The van der Waals surface area contributed by atoms with Crippen molar-refractivity contribution in [1.82, 2.24) is 19.8 Å². The summed E-state index contributed by atoms with van der Waals surface area (Å²) in [6.45, 7) is 6.11. The fourth-order valence-electron chi connectivity index (χ4n) is 2.10. The first kappa shape index (κ1) is 15.2. The number of fused-ring (bicyclic) bond motifs is 1. The third-order valence-corrected chi connectivity index (χ3v) is 3.03. The number of imidazole rings is 1. The summed E-state index contributed by atoms with van der Waals surface area (Å²) in [6.07, 6.45) is 1.35. The van der Waals surface area contributed by atoms with Crippen LogP contribution in [-0.4, -0.2) is 57.6 Å². The second-order valence-corrected chi connectivity index (χ2v) is 5.18. The lowest BCUT2D eigenvalue weighted by Gasteiger charge is -2.24. The minimum Gasteiger partial charge on any atom is -0.444 e. The normalized spacial score (nSPS) is 15.8. The summed E-state index contributed by atoms with van der Waals surface area (Å²) in [7, 11) is 0. The van der Waals surface area contributed by atoms with Crippen molar-refractivity contribution in [2.75, 3.05) is 26.2 Å². The van der Waals surface area contributed by atoms with Crippen LogP contribution in [0.2, 0.25) is 0 Å². The molecule has 0 radical (unpaired) electrons. The average molecular weight is 297 g/mol. The molecule has 0 unspecified atom stereocenters. The first-order valence-corrected chi connectivity index (χ1v) is 6.82. The van der Waals surface area contributed by atoms with Crippen molar-refractivity contribution < 1.29 is 14.5 Å². The summed E-state index contributed by atoms with van der Waals surface area (Å²) in [6, 6.07) is 0.361. The predicted octanol–water partition coefficient (Wildman–Crippen LogP) is 0.0103. The van der Waals surface area contributed by atoms with Crippen LogP contribution in [0.25, 0.3) is 0 Å². The Hall–Kier alpha value is -2.16. The molecular formula is C12H19N5O4. The number of amides is 1. The van der Waals surface area contributed by atoms with E-state index in [0.29, 0.717) is 26.2 Å². The lowest BCUT2D eigenvalue weighted by atomic mass is 10.3. The minimum atomic E-state index is -0.547. The van der Waals surface area contributed by atoms with Gasteiger partial charge in [0, 0.05) is 30.7 Å². The zero-order valence-corrected chi connectivity index (χ0v) is 12.1. The number of carbonyl (C=O) groups is 1. The van der Waals surface area contributed by atoms with Crippen LogP contribution in [-0.2, 0) is 11.3 Å². The summed E-state index contributed by atoms with van der Waals surface area (Å²) < 4.78 is 7.03. The fourth-order valence-corrected chi connectivity index (χ4v) is 2.10. The Morgan fingerprint density at radius 2 is 2.29 bits per heavy atom. The highest BCUT2D eigenvalue weighted by molar-refractivity contribution is 5.78. The van der Waals surface area contributed by atoms with Crippen LogP contribution in [0.5, 0.6) is 6.01 Å². The fraction of sp³-hybridized carbons (Fsp3) is 0.667. The Morgan fingerprint density at radius 1 is 1.52 bits per heavy atom. The second-order valence-electron chi connectivity index (χ2n) is 5.18. The van der Waals surface area contributed by atoms with E-state index in [4.69, 9.17) is 4.74 Å². The van der Waals surface area contributed by atoms with Gasteiger partial charge in [-0.2, -0.15) is 0 Å². The maximum Gasteiger partial charge on any atom is 0.414 e. The number of nitro groups is 1. The largest absolute Gasteiger partial charge is 0.444 e. The molecule has 0 atom stereocenters. The number of hydrogen-bond acceptors (Lipinski definition) is 6. The molecule has 0 saturated heterocycles. The van der Waals surface area contributed by atoms with Gasteiger partial charge in [-0.15, -0.1) is 0 Å². The Labute approximate surface area is 122 Å². The first-order chi connectivity index (χ1) is 9.95. The zero-order chi connectivity index (χ0) is 15.4. The van der Waals surface area contributed by atoms with Crippen LogP contribution in [0, 0.1) is 10.1 Å². The number of ether oxygens (including phenoxy) is 1. The summed E-state index contributed by atoms with van der Waals surface area (Å²) in [4.78, 5) is 27.7. The molecule has 116 valence electrons. The highest BCUT2D eigenvalue weighted by Crippen LogP contribution is 2.18. The molecule has 0 bridgehead atoms. The Morgan fingerprint density at radius 3 is 2.95 bits per heavy atom. The molecule has 1 aliphatic heterocycles. The Kier molecular flexibility index (Phi) is 4.73. The molecule has 9 heteroatoms. The van der Waals surface area contributed by atoms with Crippen LogP contribution in [0.3, 0.4) is 0 Å². The third-order valence-electron chi connectivity index (χ3n) is 3.03. The summed E-state index contributed by atoms with van der Waals surface area (Å²) in [5, 5.41) is 13.5. The van der Waals surface area contributed by atoms with E-state index in [9.17, 15) is 14.9 Å². The number of aromatic nitrogens is 2. The molecule has 1 aromatic heterocycles. The van der Waals surface area contributed by atoms with Crippen LogP contribution in [0.4, 0.5) is 5.82 Å². The van der Waals surface area contributed by atoms with Crippen molar-refractivity contribution in [3.8, 4) is 6.01 Å². The molecule has 0 aromatic carbocycles. The van der Waals surface area contributed by atoms with Gasteiger partial charge in [0.1, 0.15) is 12.8 Å². The van der Waals surface area contributed by atoms with E-state index in [0.717, 1.165) is 0 Å². The summed E-state index contributed by atoms with van der Waals surface area (Å²) in [5.74, 6) is -0.265. The number of hydrogen-bond donors (Lipinski definition) is 1. The van der Waals surface area contributed by atoms with Gasteiger partial charge in [0.2, 0.25) is 5.91 Å². The van der Waals surface area contributed by atoms with Gasteiger partial charge in [0.25, 0.3) is 0 Å². The molecule has 1 N–H and O–H groups in total. The average Bonchev–Trinajstić information content (AvgIpc) is 2.75. The molecule has 0 fully saturated rings. The maximum absolute atomic E-state index is 11.8. The van der Waals surface area contributed by atoms with E-state index in [-0.39, 0.29) is 30.3 Å². The molecule has 2 heterocycles. The molecule has 2 rings (SSSR count). The van der Waals surface area contributed by atoms with Crippen LogP contribution in [0.1, 0.15) is 13.8 Å². The minimum absolute atomic E-state index is 0.0394. The van der Waals surface area contributed by atoms with Crippen molar-refractivity contribution in [1.29, 1.82) is 0 Å². The van der Waals surface area contributed by atoms with Crippen molar-refractivity contribution >= 4 is 11.7 Å². The van der Waals surface area contributed by atoms with Crippen LogP contribution < -0.4 is 10.1 Å². The number of rotatable bonds is 4. The highest BCUT2D eigenvalue weighted by Gasteiger charge is 2.23. The van der Waals surface area contributed by atoms with E-state index in [1.54, 1.807) is 4.57 Å². The van der Waals surface area contributed by atoms with Gasteiger partial charge in [-0.25, -0.2) is 0 Å². The molecule has 1 amide bonds. The van der Waals surface area contributed by atoms with Gasteiger partial charge >= 0.3 is 11.8 Å². The van der Waals surface area contributed by atoms with E-state index >= 15 is 0 Å². The van der Waals surface area contributed by atoms with E-state index in [1.807, 2.05) is 18.7 Å². The summed E-state index contributed by atoms with van der Waals surface area (Å²) >= 11 is 0. The van der Waals surface area contributed by atoms with Gasteiger partial charge in [0.15, 0.2) is 0 Å². The number of carbonyl (C=O) groups excluding carboxylic acids is 1. The first-order valence-electron chi connectivity index (χ1n) is 6.82. The number of nitrogens with zero attached hydrogens (tertiary/aromatic N) is 4. The third kappa shape index (κ3) is 4.15. The molecule has 0 spiro atoms. The van der Waals surface area contributed by atoms with Crippen molar-refractivity contribution in [3.63, 3.8) is 0 Å². The molecule has 0 aliphatic carbocycles. The van der Waals surface area contributed by atoms with Gasteiger partial charge in [-0.3, -0.25) is 14.3 Å². The van der Waals surface area contributed by atoms with Crippen molar-refractivity contribution in [2.24, 2.45) is 0 Å². The van der Waals surface area contributed by atoms with Gasteiger partial charge in [-0.05, 0) is 18.8 Å². The molecule has 1 aromatic rings. The quantitative estimate of drug-likeness (QED) is 0.620. The van der Waals surface area contributed by atoms with E-state index in [1.165, 1.54) is 6.20 Å². The Bertz CT molecular complexity index is 528. The van der Waals surface area contributed by atoms with Crippen LogP contribution >= 0.6 is 0 Å². The predicted molar refractivity (Wildman–Crippen MR) is 74.1 cm³/mol. The number of nitrogens with one attached hydrogen (secondary N) is 1. The SMILES string of the molecule is CC(C)NC(=O)CN1CCOc2nc([N+](=O)[O-])cn2CC1. The smallest absolute Gasteiger partial charge is 0.414 e. The monoisotopic (exact) mass is 297 g/mol. The lowest BCUT2D eigenvalue weighted by molar-refractivity contribution is -0.389. The zero-order valence-electron chi connectivity index (χ0n) is 12.1. The lowest BCUT2D eigenvalue weighted by Crippen LogP contribution is -2.43. The van der Waals surface area contributed by atoms with Crippen LogP contribution in [0.15, 0.2) is 6.20 Å². The van der Waals surface area contributed by atoms with E-state index in [2.05, 4.69) is 10.3 Å². The van der Waals surface area contributed by atoms with Crippen molar-refractivity contribution in [2.45, 2.75) is 26.4 Å². The van der Waals surface area contributed by atoms with E-state index < -0.39 is 4.92 Å². The van der Waals surface area contributed by atoms with Gasteiger partial charge in [-0.1, -0.05) is 0 Å². The van der Waals surface area contributed by atoms with Crippen molar-refractivity contribution in [3.05, 3.63) is 16.3 Å². The highest BCUT2D eigenvalue weighted by atomic mass is 16.6. The molecule has 0 saturated carbocycles. The molecule has 21 heavy (non-hydrogen) atoms. The second kappa shape index (κ2) is 6.53. The molecule has 9 nitrogen and oxygen atoms in total. The van der Waals surface area contributed by atoms with Gasteiger partial charge in [0.05, 0.1) is 6.54 Å². The maximum atomic E-state index is 11.8. The summed E-state index contributed by atoms with van der Waals surface area (Å²) in [5.41, 5.74) is 0. The standard InChI is InChI=1S/C12H19N5O4/c1-9(2)13-11(18)8-15-3-4-16-7-10(17(19)20)14-12(16)21-6-5-15/h7,9H,3-6,8H2,1-2H3,(H,13,18). The molecule has 1 aliphatic rings. The topological polar surface area (TPSA) is 103 Å². The van der Waals surface area contributed by atoms with Gasteiger partial charge < -0.3 is 20.2 Å². The molecular weight excluding hydrogens is 278 g/mol. The Balaban J connectivity index is 1.97.